The van der Waals surface area contributed by atoms with Crippen molar-refractivity contribution < 1.29 is 31.5 Å². The second-order valence-electron chi connectivity index (χ2n) is 12.1. The smallest absolute Gasteiger partial charge is 0.379 e. The number of halogens is 5. The largest absolute Gasteiger partial charge is 0.416 e. The van der Waals surface area contributed by atoms with E-state index in [2.05, 4.69) is 20.5 Å². The predicted octanol–water partition coefficient (Wildman–Crippen LogP) is 4.81. The number of piperidine rings is 1. The van der Waals surface area contributed by atoms with Crippen molar-refractivity contribution in [3.8, 4) is 0 Å². The number of carbonyl (C=O) groups excluding carboxylic acids is 1. The zero-order valence-corrected chi connectivity index (χ0v) is 24.7. The number of anilines is 2. The molecule has 44 heavy (non-hydrogen) atoms. The molecular formula is C30H34F5N7O2. The van der Waals surface area contributed by atoms with Crippen LogP contribution in [0.15, 0.2) is 30.6 Å². The number of pyridine rings is 1. The monoisotopic (exact) mass is 619 g/mol. The van der Waals surface area contributed by atoms with Gasteiger partial charge in [-0.15, -0.1) is 10.2 Å². The Morgan fingerprint density at radius 2 is 1.93 bits per heavy atom. The Morgan fingerprint density at radius 1 is 1.16 bits per heavy atom. The first-order valence-electron chi connectivity index (χ1n) is 14.6. The third-order valence-corrected chi connectivity index (χ3v) is 8.94. The van der Waals surface area contributed by atoms with Crippen LogP contribution < -0.4 is 10.2 Å². The molecule has 0 bridgehead atoms. The van der Waals surface area contributed by atoms with Crippen molar-refractivity contribution >= 4 is 17.5 Å². The molecule has 3 aromatic rings. The first-order chi connectivity index (χ1) is 20.8. The fraction of sp³-hybridized carbons (Fsp3) is 0.533. The second kappa shape index (κ2) is 11.1. The lowest BCUT2D eigenvalue weighted by Gasteiger charge is -2.42. The van der Waals surface area contributed by atoms with Gasteiger partial charge in [-0.25, -0.2) is 13.8 Å². The van der Waals surface area contributed by atoms with Crippen molar-refractivity contribution in [1.29, 1.82) is 0 Å². The Labute approximate surface area is 251 Å². The summed E-state index contributed by atoms with van der Waals surface area (Å²) in [6.07, 6.45) is -2.96. The molecule has 2 fully saturated rings. The van der Waals surface area contributed by atoms with Crippen LogP contribution >= 0.6 is 0 Å². The van der Waals surface area contributed by atoms with Crippen LogP contribution in [0.25, 0.3) is 0 Å². The Balaban J connectivity index is 1.34. The Kier molecular flexibility index (Phi) is 7.63. The number of benzene rings is 1. The molecule has 0 unspecified atom stereocenters. The number of rotatable bonds is 8. The zero-order valence-electron chi connectivity index (χ0n) is 24.7. The lowest BCUT2D eigenvalue weighted by Crippen LogP contribution is -2.49. The predicted molar refractivity (Wildman–Crippen MR) is 152 cm³/mol. The van der Waals surface area contributed by atoms with Crippen LogP contribution in [0.2, 0.25) is 0 Å². The number of nitrogens with zero attached hydrogens (tertiary/aromatic N) is 6. The third kappa shape index (κ3) is 5.53. The van der Waals surface area contributed by atoms with Crippen molar-refractivity contribution in [2.45, 2.75) is 57.3 Å². The van der Waals surface area contributed by atoms with Crippen LogP contribution in [0.1, 0.15) is 58.7 Å². The SMILES string of the molecule is CCNc1cc(C2(Cc3nncn3C)COC2)cc(N2Cc3c(cc(CN4CCC(F)(F)[C@H](C)C4)cc3C(F)(F)F)C2=O)n1. The van der Waals surface area contributed by atoms with Gasteiger partial charge < -0.3 is 14.6 Å². The number of nitrogens with one attached hydrogen (secondary N) is 1. The summed E-state index contributed by atoms with van der Waals surface area (Å²) in [5, 5.41) is 11.4. The van der Waals surface area contributed by atoms with Gasteiger partial charge in [0.1, 0.15) is 23.8 Å². The van der Waals surface area contributed by atoms with Crippen LogP contribution in [-0.2, 0) is 42.9 Å². The van der Waals surface area contributed by atoms with E-state index in [4.69, 9.17) is 4.74 Å². The molecule has 1 amide bonds. The van der Waals surface area contributed by atoms with Crippen molar-refractivity contribution in [1.82, 2.24) is 24.6 Å². The lowest BCUT2D eigenvalue weighted by molar-refractivity contribution is -0.138. The molecule has 14 heteroatoms. The van der Waals surface area contributed by atoms with Gasteiger partial charge in [-0.1, -0.05) is 6.92 Å². The van der Waals surface area contributed by atoms with Crippen molar-refractivity contribution in [3.63, 3.8) is 0 Å². The molecule has 9 nitrogen and oxygen atoms in total. The molecule has 2 aromatic heterocycles. The molecule has 0 radical (unpaired) electrons. The number of carbonyl (C=O) groups is 1. The summed E-state index contributed by atoms with van der Waals surface area (Å²) in [7, 11) is 1.85. The highest BCUT2D eigenvalue weighted by Gasteiger charge is 2.45. The summed E-state index contributed by atoms with van der Waals surface area (Å²) in [4.78, 5) is 21.4. The van der Waals surface area contributed by atoms with E-state index in [0.717, 1.165) is 17.5 Å². The molecule has 5 heterocycles. The van der Waals surface area contributed by atoms with Gasteiger partial charge in [0, 0.05) is 63.0 Å². The minimum atomic E-state index is -4.72. The Morgan fingerprint density at radius 3 is 2.55 bits per heavy atom. The number of aryl methyl sites for hydroxylation is 1. The van der Waals surface area contributed by atoms with Crippen LogP contribution in [-0.4, -0.2) is 69.3 Å². The van der Waals surface area contributed by atoms with Gasteiger partial charge in [-0.3, -0.25) is 14.6 Å². The molecule has 3 aliphatic rings. The Hall–Kier alpha value is -3.65. The van der Waals surface area contributed by atoms with E-state index in [-0.39, 0.29) is 55.1 Å². The third-order valence-electron chi connectivity index (χ3n) is 8.94. The number of hydrogen-bond acceptors (Lipinski definition) is 7. The molecule has 1 N–H and O–H groups in total. The van der Waals surface area contributed by atoms with Crippen molar-refractivity contribution in [3.05, 3.63) is 64.2 Å². The molecule has 0 aliphatic carbocycles. The highest BCUT2D eigenvalue weighted by molar-refractivity contribution is 6.10. The van der Waals surface area contributed by atoms with Crippen LogP contribution in [0.5, 0.6) is 0 Å². The van der Waals surface area contributed by atoms with Crippen molar-refractivity contribution in [2.75, 3.05) is 43.1 Å². The Bertz CT molecular complexity index is 1570. The minimum absolute atomic E-state index is 0.0347. The van der Waals surface area contributed by atoms with E-state index in [1.807, 2.05) is 24.6 Å². The fourth-order valence-corrected chi connectivity index (χ4v) is 6.29. The average Bonchev–Trinajstić information content (AvgIpc) is 3.49. The lowest BCUT2D eigenvalue weighted by atomic mass is 9.75. The summed E-state index contributed by atoms with van der Waals surface area (Å²) >= 11 is 0. The topological polar surface area (TPSA) is 88.4 Å². The number of hydrogen-bond donors (Lipinski definition) is 1. The number of ether oxygens (including phenoxy) is 1. The number of alkyl halides is 5. The number of fused-ring (bicyclic) bond motifs is 1. The molecule has 0 saturated carbocycles. The van der Waals surface area contributed by atoms with Gasteiger partial charge in [-0.05, 0) is 47.9 Å². The molecule has 236 valence electrons. The average molecular weight is 620 g/mol. The van der Waals surface area contributed by atoms with Gasteiger partial charge in [-0.2, -0.15) is 13.2 Å². The van der Waals surface area contributed by atoms with Gasteiger partial charge in [0.05, 0.1) is 25.3 Å². The van der Waals surface area contributed by atoms with Crippen LogP contribution in [0.3, 0.4) is 0 Å². The standard InChI is InChI=1S/C30H34F5N7O2/c1-4-36-24-9-20(28(15-44-16-28)11-26-39-37-17-40(26)3)10-25(38-24)42-14-22-21(27(42)43)7-19(8-23(22)30(33,34)35)13-41-6-5-29(31,32)18(2)12-41/h7-10,17-18H,4-6,11-16H2,1-3H3,(H,36,38)/t18-/m1/s1. The molecule has 1 aromatic carbocycles. The number of amides is 1. The maximum atomic E-state index is 14.4. The maximum absolute atomic E-state index is 14.4. The quantitative estimate of drug-likeness (QED) is 0.362. The number of aromatic nitrogens is 4. The van der Waals surface area contributed by atoms with Crippen molar-refractivity contribution in [2.24, 2.45) is 13.0 Å². The van der Waals surface area contributed by atoms with E-state index in [1.165, 1.54) is 17.9 Å². The minimum Gasteiger partial charge on any atom is -0.379 e. The van der Waals surface area contributed by atoms with E-state index < -0.39 is 34.9 Å². The van der Waals surface area contributed by atoms with E-state index >= 15 is 0 Å². The molecule has 3 aliphatic heterocycles. The highest BCUT2D eigenvalue weighted by atomic mass is 19.4. The van der Waals surface area contributed by atoms with E-state index in [1.54, 1.807) is 17.3 Å². The summed E-state index contributed by atoms with van der Waals surface area (Å²) in [6.45, 7) is 4.50. The van der Waals surface area contributed by atoms with Gasteiger partial charge in [0.15, 0.2) is 0 Å². The maximum Gasteiger partial charge on any atom is 0.416 e. The second-order valence-corrected chi connectivity index (χ2v) is 12.1. The van der Waals surface area contributed by atoms with Crippen LogP contribution in [0, 0.1) is 5.92 Å². The summed E-state index contributed by atoms with van der Waals surface area (Å²) < 4.78 is 78.6. The van der Waals surface area contributed by atoms with Gasteiger partial charge >= 0.3 is 6.18 Å². The molecule has 6 rings (SSSR count). The molecular weight excluding hydrogens is 585 g/mol. The van der Waals surface area contributed by atoms with Gasteiger partial charge in [0.2, 0.25) is 0 Å². The van der Waals surface area contributed by atoms with Gasteiger partial charge in [0.25, 0.3) is 11.8 Å². The van der Waals surface area contributed by atoms with E-state index in [9.17, 15) is 26.7 Å². The first kappa shape index (κ1) is 30.4. The summed E-state index contributed by atoms with van der Waals surface area (Å²) in [5.41, 5.74) is -0.473. The fourth-order valence-electron chi connectivity index (χ4n) is 6.29. The summed E-state index contributed by atoms with van der Waals surface area (Å²) in [5.74, 6) is -2.87. The number of likely N-dealkylation sites (tertiary alicyclic amines) is 1. The molecule has 0 spiro atoms. The van der Waals surface area contributed by atoms with Crippen LogP contribution in [0.4, 0.5) is 33.6 Å². The highest BCUT2D eigenvalue weighted by Crippen LogP contribution is 2.42. The first-order valence-corrected chi connectivity index (χ1v) is 14.6. The van der Waals surface area contributed by atoms with E-state index in [0.29, 0.717) is 32.0 Å². The molecule has 2 saturated heterocycles. The molecule has 1 atom stereocenters. The summed E-state index contributed by atoms with van der Waals surface area (Å²) in [6, 6.07) is 6.13. The normalized spacial score (nSPS) is 21.3. The zero-order chi connectivity index (χ0) is 31.4.